The summed E-state index contributed by atoms with van der Waals surface area (Å²) in [5, 5.41) is 9.19. The molecule has 1 aliphatic heterocycles. The average Bonchev–Trinajstić information content (AvgIpc) is 2.40. The smallest absolute Gasteiger partial charge is 0.337 e. The van der Waals surface area contributed by atoms with Gasteiger partial charge < -0.3 is 5.11 Å². The van der Waals surface area contributed by atoms with Crippen LogP contribution in [0.1, 0.15) is 30.1 Å². The van der Waals surface area contributed by atoms with Gasteiger partial charge in [-0.25, -0.2) is 4.79 Å². The fraction of sp³-hybridized carbons (Fsp3) is 0.462. The van der Waals surface area contributed by atoms with Crippen molar-refractivity contribution in [1.29, 1.82) is 0 Å². The Morgan fingerprint density at radius 3 is 2.81 bits per heavy atom. The second kappa shape index (κ2) is 6.21. The molecule has 1 atom stereocenters. The molecule has 0 amide bonds. The number of carboxylic acids is 1. The minimum atomic E-state index is -3.81. The summed E-state index contributed by atoms with van der Waals surface area (Å²) in [7, 11) is -3.81. The largest absolute Gasteiger partial charge is 0.478 e. The number of anilines is 1. The van der Waals surface area contributed by atoms with Crippen LogP contribution in [-0.2, 0) is 10.2 Å². The van der Waals surface area contributed by atoms with E-state index in [9.17, 15) is 13.2 Å². The maximum absolute atomic E-state index is 12.4. The lowest BCUT2D eigenvalue weighted by molar-refractivity contribution is 0.0698. The van der Waals surface area contributed by atoms with Gasteiger partial charge in [0.25, 0.3) is 0 Å². The molecule has 21 heavy (non-hydrogen) atoms. The molecule has 2 rings (SSSR count). The van der Waals surface area contributed by atoms with E-state index < -0.39 is 16.2 Å². The number of carboxylic acid groups (broad SMARTS) is 1. The molecule has 1 aromatic rings. The summed E-state index contributed by atoms with van der Waals surface area (Å²) < 4.78 is 28.4. The topological polar surface area (TPSA) is 86.7 Å². The minimum absolute atomic E-state index is 0.0588. The predicted octanol–water partition coefficient (Wildman–Crippen LogP) is 2.43. The van der Waals surface area contributed by atoms with Crippen LogP contribution in [0.5, 0.6) is 0 Å². The standard InChI is InChI=1S/C13H17ClN2O4S/c1-9-4-3-7-16(8-9)21(19,20)15-12-10(13(17)18)5-2-6-11(12)14/h2,5-6,9,15H,3-4,7-8H2,1H3,(H,17,18). The number of piperidine rings is 1. The van der Waals surface area contributed by atoms with Crippen molar-refractivity contribution in [2.75, 3.05) is 17.8 Å². The van der Waals surface area contributed by atoms with Gasteiger partial charge in [-0.2, -0.15) is 12.7 Å². The molecule has 8 heteroatoms. The van der Waals surface area contributed by atoms with Gasteiger partial charge in [0.1, 0.15) is 0 Å². The monoisotopic (exact) mass is 332 g/mol. The maximum atomic E-state index is 12.4. The molecule has 1 heterocycles. The summed E-state index contributed by atoms with van der Waals surface area (Å²) in [6, 6.07) is 4.22. The molecule has 0 bridgehead atoms. The summed E-state index contributed by atoms with van der Waals surface area (Å²) in [5.74, 6) is -0.956. The summed E-state index contributed by atoms with van der Waals surface area (Å²) in [6.45, 7) is 2.83. The Morgan fingerprint density at radius 1 is 1.48 bits per heavy atom. The molecule has 1 aromatic carbocycles. The molecule has 116 valence electrons. The zero-order valence-electron chi connectivity index (χ0n) is 11.5. The normalized spacial score (nSPS) is 20.2. The third kappa shape index (κ3) is 3.66. The number of rotatable bonds is 4. The van der Waals surface area contributed by atoms with Crippen LogP contribution in [0.3, 0.4) is 0 Å². The number of nitrogens with zero attached hydrogens (tertiary/aromatic N) is 1. The molecule has 0 spiro atoms. The van der Waals surface area contributed by atoms with Crippen molar-refractivity contribution in [3.05, 3.63) is 28.8 Å². The number of aromatic carboxylic acids is 1. The Kier molecular flexibility index (Phi) is 4.75. The van der Waals surface area contributed by atoms with Crippen molar-refractivity contribution in [2.24, 2.45) is 5.92 Å². The van der Waals surface area contributed by atoms with E-state index in [1.165, 1.54) is 22.5 Å². The number of para-hydroxylation sites is 1. The highest BCUT2D eigenvalue weighted by atomic mass is 35.5. The quantitative estimate of drug-likeness (QED) is 0.886. The summed E-state index contributed by atoms with van der Waals surface area (Å²) >= 11 is 5.94. The van der Waals surface area contributed by atoms with Crippen LogP contribution in [0.2, 0.25) is 5.02 Å². The van der Waals surface area contributed by atoms with Gasteiger partial charge in [0.05, 0.1) is 16.3 Å². The number of carbonyl (C=O) groups is 1. The van der Waals surface area contributed by atoms with Gasteiger partial charge in [-0.15, -0.1) is 0 Å². The lowest BCUT2D eigenvalue weighted by atomic mass is 10.0. The highest BCUT2D eigenvalue weighted by molar-refractivity contribution is 7.90. The first kappa shape index (κ1) is 16.1. The van der Waals surface area contributed by atoms with Crippen LogP contribution in [0, 0.1) is 5.92 Å². The number of hydrogen-bond donors (Lipinski definition) is 2. The van der Waals surface area contributed by atoms with E-state index in [4.69, 9.17) is 16.7 Å². The zero-order valence-corrected chi connectivity index (χ0v) is 13.1. The van der Waals surface area contributed by atoms with Gasteiger partial charge in [0.2, 0.25) is 0 Å². The van der Waals surface area contributed by atoms with E-state index in [2.05, 4.69) is 4.72 Å². The van der Waals surface area contributed by atoms with Crippen LogP contribution >= 0.6 is 11.6 Å². The third-order valence-corrected chi connectivity index (χ3v) is 5.22. The third-order valence-electron chi connectivity index (χ3n) is 3.43. The van der Waals surface area contributed by atoms with Crippen molar-refractivity contribution in [2.45, 2.75) is 19.8 Å². The molecule has 1 aliphatic rings. The van der Waals surface area contributed by atoms with Crippen molar-refractivity contribution in [3.8, 4) is 0 Å². The molecule has 6 nitrogen and oxygen atoms in total. The molecule has 0 aromatic heterocycles. The lowest BCUT2D eigenvalue weighted by Crippen LogP contribution is -2.42. The lowest BCUT2D eigenvalue weighted by Gasteiger charge is -2.30. The highest BCUT2D eigenvalue weighted by Crippen LogP contribution is 2.28. The molecule has 1 saturated heterocycles. The van der Waals surface area contributed by atoms with Gasteiger partial charge >= 0.3 is 16.2 Å². The maximum Gasteiger partial charge on any atom is 0.337 e. The van der Waals surface area contributed by atoms with Gasteiger partial charge in [-0.05, 0) is 30.9 Å². The number of nitrogens with one attached hydrogen (secondary N) is 1. The Balaban J connectivity index is 2.30. The first-order valence-corrected chi connectivity index (χ1v) is 8.43. The zero-order chi connectivity index (χ0) is 15.6. The Labute approximate surface area is 128 Å². The second-order valence-corrected chi connectivity index (χ2v) is 7.26. The SMILES string of the molecule is CC1CCCN(S(=O)(=O)Nc2c(Cl)cccc2C(=O)O)C1. The number of benzene rings is 1. The van der Waals surface area contributed by atoms with Crippen LogP contribution in [0.15, 0.2) is 18.2 Å². The highest BCUT2D eigenvalue weighted by Gasteiger charge is 2.28. The van der Waals surface area contributed by atoms with Crippen molar-refractivity contribution >= 4 is 33.5 Å². The predicted molar refractivity (Wildman–Crippen MR) is 80.9 cm³/mol. The Hall–Kier alpha value is -1.31. The molecule has 1 unspecified atom stereocenters. The second-order valence-electron chi connectivity index (χ2n) is 5.18. The van der Waals surface area contributed by atoms with Crippen molar-refractivity contribution < 1.29 is 18.3 Å². The minimum Gasteiger partial charge on any atom is -0.478 e. The first-order valence-electron chi connectivity index (χ1n) is 6.61. The van der Waals surface area contributed by atoms with Gasteiger partial charge in [0.15, 0.2) is 0 Å². The van der Waals surface area contributed by atoms with Crippen molar-refractivity contribution in [3.63, 3.8) is 0 Å². The number of halogens is 1. The first-order chi connectivity index (χ1) is 9.81. The fourth-order valence-corrected chi connectivity index (χ4v) is 4.07. The van der Waals surface area contributed by atoms with E-state index >= 15 is 0 Å². The summed E-state index contributed by atoms with van der Waals surface area (Å²) in [4.78, 5) is 11.2. The summed E-state index contributed by atoms with van der Waals surface area (Å²) in [5.41, 5.74) is -0.263. The molecule has 0 aliphatic carbocycles. The summed E-state index contributed by atoms with van der Waals surface area (Å²) in [6.07, 6.45) is 1.77. The van der Waals surface area contributed by atoms with Crippen LogP contribution in [0.25, 0.3) is 0 Å². The molecule has 2 N–H and O–H groups in total. The number of hydrogen-bond acceptors (Lipinski definition) is 3. The van der Waals surface area contributed by atoms with E-state index in [-0.39, 0.29) is 22.2 Å². The van der Waals surface area contributed by atoms with Crippen LogP contribution in [-0.4, -0.2) is 36.9 Å². The van der Waals surface area contributed by atoms with E-state index in [0.29, 0.717) is 13.1 Å². The molecule has 0 radical (unpaired) electrons. The Bertz CT molecular complexity index is 648. The Morgan fingerprint density at radius 2 is 2.19 bits per heavy atom. The average molecular weight is 333 g/mol. The van der Waals surface area contributed by atoms with Gasteiger partial charge in [-0.3, -0.25) is 4.72 Å². The van der Waals surface area contributed by atoms with Crippen LogP contribution < -0.4 is 4.72 Å². The van der Waals surface area contributed by atoms with Crippen LogP contribution in [0.4, 0.5) is 5.69 Å². The van der Waals surface area contributed by atoms with Gasteiger partial charge in [0, 0.05) is 13.1 Å². The van der Waals surface area contributed by atoms with Crippen molar-refractivity contribution in [1.82, 2.24) is 4.31 Å². The molecular formula is C13H17ClN2O4S. The molecule has 1 fully saturated rings. The fourth-order valence-electron chi connectivity index (χ4n) is 2.36. The van der Waals surface area contributed by atoms with E-state index in [1.54, 1.807) is 0 Å². The van der Waals surface area contributed by atoms with Gasteiger partial charge in [-0.1, -0.05) is 24.6 Å². The molecule has 0 saturated carbocycles. The molecular weight excluding hydrogens is 316 g/mol. The van der Waals surface area contributed by atoms with E-state index in [0.717, 1.165) is 12.8 Å². The van der Waals surface area contributed by atoms with E-state index in [1.807, 2.05) is 6.92 Å².